The molecule has 0 fully saturated rings. The molecule has 1 aromatic carbocycles. The highest BCUT2D eigenvalue weighted by molar-refractivity contribution is 5.95. The molecule has 4 N–H and O–H groups in total. The van der Waals surface area contributed by atoms with E-state index in [1.54, 1.807) is 13.0 Å². The number of allylic oxidation sites excluding steroid dienone is 2. The number of benzene rings is 1. The lowest BCUT2D eigenvalue weighted by molar-refractivity contribution is -0.133. The van der Waals surface area contributed by atoms with Crippen LogP contribution in [0.4, 0.5) is 18.9 Å². The van der Waals surface area contributed by atoms with Gasteiger partial charge in [-0.2, -0.15) is 0 Å². The second-order valence-electron chi connectivity index (χ2n) is 5.76. The minimum atomic E-state index is -1.53. The Hall–Kier alpha value is -2.36. The van der Waals surface area contributed by atoms with Gasteiger partial charge in [0.2, 0.25) is 0 Å². The Bertz CT molecular complexity index is 737. The number of anilines is 1. The molecule has 0 heterocycles. The molecule has 1 amide bonds. The first-order valence-corrected chi connectivity index (χ1v) is 7.81. The molecule has 2 atom stereocenters. The highest BCUT2D eigenvalue weighted by Crippen LogP contribution is 2.30. The summed E-state index contributed by atoms with van der Waals surface area (Å²) in [6.45, 7) is 0.704. The molecule has 2 rings (SSSR count). The fraction of sp³-hybridized carbons (Fsp3) is 0.353. The zero-order valence-electron chi connectivity index (χ0n) is 13.9. The van der Waals surface area contributed by atoms with Crippen LogP contribution in [0.25, 0.3) is 0 Å². The maximum absolute atomic E-state index is 14.2. The molecule has 0 aliphatic heterocycles. The van der Waals surface area contributed by atoms with E-state index in [2.05, 4.69) is 5.32 Å². The second kappa shape index (κ2) is 8.84. The second-order valence-corrected chi connectivity index (χ2v) is 5.76. The van der Waals surface area contributed by atoms with Crippen molar-refractivity contribution in [2.24, 2.45) is 0 Å². The Balaban J connectivity index is 2.15. The number of carbonyl (C=O) groups is 1. The number of nitrogens with one attached hydrogen (secondary N) is 2. The molecule has 0 radical (unpaired) electrons. The maximum atomic E-state index is 14.2. The Labute approximate surface area is 147 Å². The van der Waals surface area contributed by atoms with Crippen molar-refractivity contribution in [3.05, 3.63) is 52.9 Å². The smallest absolute Gasteiger partial charge is 0.272 e. The summed E-state index contributed by atoms with van der Waals surface area (Å²) in [7, 11) is 0. The van der Waals surface area contributed by atoms with Gasteiger partial charge in [-0.3, -0.25) is 9.63 Å². The van der Waals surface area contributed by atoms with Gasteiger partial charge in [0.1, 0.15) is 30.4 Å². The quantitative estimate of drug-likeness (QED) is 0.548. The van der Waals surface area contributed by atoms with Gasteiger partial charge in [-0.1, -0.05) is 12.1 Å². The number of carbonyl (C=O) groups excluding carboxylic acids is 1. The van der Waals surface area contributed by atoms with Crippen LogP contribution in [0.1, 0.15) is 12.0 Å². The van der Waals surface area contributed by atoms with Gasteiger partial charge in [0, 0.05) is 12.0 Å². The lowest BCUT2D eigenvalue weighted by Gasteiger charge is -2.24. The van der Waals surface area contributed by atoms with Crippen molar-refractivity contribution in [3.8, 4) is 0 Å². The molecule has 6 nitrogen and oxygen atoms in total. The van der Waals surface area contributed by atoms with E-state index < -0.39 is 55.2 Å². The Kier molecular flexibility index (Phi) is 6.78. The van der Waals surface area contributed by atoms with Crippen molar-refractivity contribution in [2.75, 3.05) is 18.5 Å². The van der Waals surface area contributed by atoms with Gasteiger partial charge in [-0.05, 0) is 24.6 Å². The SMILES string of the molecule is Cc1ccc(NC2C(C(=O)NOCC(O)CO)=CCC(F)=C2F)c(F)c1. The van der Waals surface area contributed by atoms with Crippen LogP contribution >= 0.6 is 0 Å². The third kappa shape index (κ3) is 4.84. The molecule has 1 aliphatic carbocycles. The van der Waals surface area contributed by atoms with E-state index in [9.17, 15) is 18.0 Å². The summed E-state index contributed by atoms with van der Waals surface area (Å²) in [4.78, 5) is 16.9. The molecule has 1 aromatic rings. The molecule has 0 saturated carbocycles. The summed E-state index contributed by atoms with van der Waals surface area (Å²) < 4.78 is 41.9. The summed E-state index contributed by atoms with van der Waals surface area (Å²) >= 11 is 0. The highest BCUT2D eigenvalue weighted by Gasteiger charge is 2.31. The van der Waals surface area contributed by atoms with E-state index in [0.717, 1.165) is 6.08 Å². The number of rotatable bonds is 7. The molecule has 26 heavy (non-hydrogen) atoms. The van der Waals surface area contributed by atoms with Crippen molar-refractivity contribution in [3.63, 3.8) is 0 Å². The number of hydrogen-bond acceptors (Lipinski definition) is 5. The first kappa shape index (κ1) is 20.0. The Morgan fingerprint density at radius 1 is 1.38 bits per heavy atom. The average Bonchev–Trinajstić information content (AvgIpc) is 2.60. The summed E-state index contributed by atoms with van der Waals surface area (Å²) in [6.07, 6.45) is -0.480. The van der Waals surface area contributed by atoms with Crippen LogP contribution in [-0.2, 0) is 9.63 Å². The van der Waals surface area contributed by atoms with Crippen molar-refractivity contribution < 1.29 is 33.0 Å². The van der Waals surface area contributed by atoms with Crippen molar-refractivity contribution in [1.29, 1.82) is 0 Å². The summed E-state index contributed by atoms with van der Waals surface area (Å²) in [6, 6.07) is 2.61. The van der Waals surface area contributed by atoms with E-state index in [-0.39, 0.29) is 11.3 Å². The topological polar surface area (TPSA) is 90.8 Å². The summed E-state index contributed by atoms with van der Waals surface area (Å²) in [5, 5.41) is 20.3. The first-order valence-electron chi connectivity index (χ1n) is 7.81. The van der Waals surface area contributed by atoms with Crippen molar-refractivity contribution >= 4 is 11.6 Å². The molecule has 0 spiro atoms. The van der Waals surface area contributed by atoms with Crippen LogP contribution in [0.15, 0.2) is 41.5 Å². The third-order valence-electron chi connectivity index (χ3n) is 3.66. The Morgan fingerprint density at radius 3 is 2.77 bits per heavy atom. The van der Waals surface area contributed by atoms with E-state index in [0.29, 0.717) is 5.56 Å². The van der Waals surface area contributed by atoms with Crippen LogP contribution < -0.4 is 10.8 Å². The molecule has 0 aromatic heterocycles. The monoisotopic (exact) mass is 372 g/mol. The zero-order valence-corrected chi connectivity index (χ0v) is 13.9. The largest absolute Gasteiger partial charge is 0.394 e. The average molecular weight is 372 g/mol. The standard InChI is InChI=1S/C17H19F3N2O4/c1-9-2-5-14(13(19)6-9)21-16-11(3-4-12(18)15(16)20)17(25)22-26-8-10(24)7-23/h2-3,5-6,10,16,21,23-24H,4,7-8H2,1H3,(H,22,25). The van der Waals surface area contributed by atoms with Gasteiger partial charge in [0.25, 0.3) is 5.91 Å². The van der Waals surface area contributed by atoms with Gasteiger partial charge in [0.15, 0.2) is 5.83 Å². The number of aliphatic hydroxyl groups excluding tert-OH is 2. The van der Waals surface area contributed by atoms with Crippen LogP contribution in [0.3, 0.4) is 0 Å². The normalized spacial score (nSPS) is 18.4. The van der Waals surface area contributed by atoms with E-state index >= 15 is 0 Å². The number of aryl methyl sites for hydroxylation is 1. The molecule has 2 unspecified atom stereocenters. The van der Waals surface area contributed by atoms with Crippen molar-refractivity contribution in [1.82, 2.24) is 5.48 Å². The first-order chi connectivity index (χ1) is 12.3. The van der Waals surface area contributed by atoms with E-state index in [4.69, 9.17) is 15.1 Å². The van der Waals surface area contributed by atoms with Crippen LogP contribution in [0.2, 0.25) is 0 Å². The highest BCUT2D eigenvalue weighted by atomic mass is 19.2. The lowest BCUT2D eigenvalue weighted by Crippen LogP contribution is -2.38. The van der Waals surface area contributed by atoms with Crippen LogP contribution in [0, 0.1) is 12.7 Å². The number of hydrogen-bond donors (Lipinski definition) is 4. The minimum Gasteiger partial charge on any atom is -0.394 e. The molecule has 9 heteroatoms. The van der Waals surface area contributed by atoms with Crippen LogP contribution in [-0.4, -0.2) is 41.5 Å². The molecular weight excluding hydrogens is 353 g/mol. The van der Waals surface area contributed by atoms with Crippen LogP contribution in [0.5, 0.6) is 0 Å². The van der Waals surface area contributed by atoms with Gasteiger partial charge in [0.05, 0.1) is 12.3 Å². The van der Waals surface area contributed by atoms with E-state index in [1.807, 2.05) is 5.48 Å². The molecule has 142 valence electrons. The molecule has 0 bridgehead atoms. The predicted molar refractivity (Wildman–Crippen MR) is 87.7 cm³/mol. The number of hydroxylamine groups is 1. The maximum Gasteiger partial charge on any atom is 0.272 e. The zero-order chi connectivity index (χ0) is 19.3. The summed E-state index contributed by atoms with van der Waals surface area (Å²) in [5.41, 5.74) is 2.31. The Morgan fingerprint density at radius 2 is 2.12 bits per heavy atom. The van der Waals surface area contributed by atoms with E-state index in [1.165, 1.54) is 12.1 Å². The minimum absolute atomic E-state index is 0.0965. The number of halogens is 3. The van der Waals surface area contributed by atoms with Gasteiger partial charge < -0.3 is 15.5 Å². The van der Waals surface area contributed by atoms with Crippen molar-refractivity contribution in [2.45, 2.75) is 25.5 Å². The lowest BCUT2D eigenvalue weighted by atomic mass is 9.97. The summed E-state index contributed by atoms with van der Waals surface area (Å²) in [5.74, 6) is -3.86. The number of amides is 1. The fourth-order valence-electron chi connectivity index (χ4n) is 2.28. The van der Waals surface area contributed by atoms with Gasteiger partial charge >= 0.3 is 0 Å². The van der Waals surface area contributed by atoms with Gasteiger partial charge in [-0.25, -0.2) is 18.7 Å². The predicted octanol–water partition coefficient (Wildman–Crippen LogP) is 1.80. The van der Waals surface area contributed by atoms with Gasteiger partial charge in [-0.15, -0.1) is 0 Å². The number of aliphatic hydroxyl groups is 2. The third-order valence-corrected chi connectivity index (χ3v) is 3.66. The molecule has 0 saturated heterocycles. The fourth-order valence-corrected chi connectivity index (χ4v) is 2.28. The molecule has 1 aliphatic rings. The molecular formula is C17H19F3N2O4.